The Labute approximate surface area is 130 Å². The number of nitrogens with zero attached hydrogens (tertiary/aromatic N) is 2. The van der Waals surface area contributed by atoms with E-state index in [-0.39, 0.29) is 22.7 Å². The number of hydrogen-bond acceptors (Lipinski definition) is 6. The summed E-state index contributed by atoms with van der Waals surface area (Å²) in [5.41, 5.74) is 3.09. The van der Waals surface area contributed by atoms with Crippen LogP contribution in [0.1, 0.15) is 21.5 Å². The van der Waals surface area contributed by atoms with Gasteiger partial charge in [0.25, 0.3) is 11.6 Å². The van der Waals surface area contributed by atoms with Crippen LogP contribution >= 0.6 is 0 Å². The highest BCUT2D eigenvalue weighted by Gasteiger charge is 2.14. The summed E-state index contributed by atoms with van der Waals surface area (Å²) in [7, 11) is 0. The number of amides is 1. The molecule has 0 aliphatic heterocycles. The summed E-state index contributed by atoms with van der Waals surface area (Å²) >= 11 is 0. The van der Waals surface area contributed by atoms with Gasteiger partial charge in [-0.2, -0.15) is 5.10 Å². The van der Waals surface area contributed by atoms with Gasteiger partial charge < -0.3 is 10.2 Å². The Kier molecular flexibility index (Phi) is 4.55. The number of phenols is 2. The summed E-state index contributed by atoms with van der Waals surface area (Å²) in [6.45, 7) is 1.58. The summed E-state index contributed by atoms with van der Waals surface area (Å²) in [5, 5.41) is 33.1. The van der Waals surface area contributed by atoms with Gasteiger partial charge in [0, 0.05) is 17.2 Å². The predicted molar refractivity (Wildman–Crippen MR) is 82.7 cm³/mol. The van der Waals surface area contributed by atoms with E-state index in [1.807, 2.05) is 0 Å². The van der Waals surface area contributed by atoms with Crippen molar-refractivity contribution in [3.8, 4) is 11.5 Å². The maximum absolute atomic E-state index is 11.9. The van der Waals surface area contributed by atoms with Crippen LogP contribution in [0.15, 0.2) is 41.5 Å². The molecule has 23 heavy (non-hydrogen) atoms. The molecule has 0 radical (unpaired) electrons. The maximum Gasteiger partial charge on any atom is 0.273 e. The minimum atomic E-state index is -0.604. The number of carbonyl (C=O) groups is 1. The van der Waals surface area contributed by atoms with E-state index in [0.29, 0.717) is 11.1 Å². The second kappa shape index (κ2) is 6.56. The lowest BCUT2D eigenvalue weighted by atomic mass is 10.1. The fourth-order valence-electron chi connectivity index (χ4n) is 1.80. The molecule has 0 bridgehead atoms. The zero-order valence-corrected chi connectivity index (χ0v) is 12.1. The Balaban J connectivity index is 2.10. The van der Waals surface area contributed by atoms with Gasteiger partial charge in [0.15, 0.2) is 11.5 Å². The number of hydrazone groups is 1. The van der Waals surface area contributed by atoms with E-state index in [0.717, 1.165) is 0 Å². The Morgan fingerprint density at radius 3 is 2.61 bits per heavy atom. The van der Waals surface area contributed by atoms with Crippen molar-refractivity contribution in [1.29, 1.82) is 0 Å². The number of carbonyl (C=O) groups excluding carboxylic acids is 1. The highest BCUT2D eigenvalue weighted by Crippen LogP contribution is 2.24. The first kappa shape index (κ1) is 16.0. The smallest absolute Gasteiger partial charge is 0.273 e. The highest BCUT2D eigenvalue weighted by atomic mass is 16.6. The molecular formula is C15H13N3O5. The van der Waals surface area contributed by atoms with Crippen molar-refractivity contribution in [2.24, 2.45) is 5.10 Å². The van der Waals surface area contributed by atoms with Crippen LogP contribution in [-0.2, 0) is 0 Å². The topological polar surface area (TPSA) is 125 Å². The number of phenolic OH excluding ortho intramolecular Hbond substituents is 2. The van der Waals surface area contributed by atoms with Crippen LogP contribution in [0.3, 0.4) is 0 Å². The molecule has 0 aliphatic carbocycles. The summed E-state index contributed by atoms with van der Waals surface area (Å²) in [4.78, 5) is 22.2. The van der Waals surface area contributed by atoms with Crippen LogP contribution in [0.4, 0.5) is 5.69 Å². The molecule has 0 saturated carbocycles. The van der Waals surface area contributed by atoms with Crippen molar-refractivity contribution in [2.75, 3.05) is 0 Å². The second-order valence-corrected chi connectivity index (χ2v) is 4.71. The van der Waals surface area contributed by atoms with Gasteiger partial charge >= 0.3 is 0 Å². The average Bonchev–Trinajstić information content (AvgIpc) is 2.50. The quantitative estimate of drug-likeness (QED) is 0.345. The number of nitro groups is 1. The largest absolute Gasteiger partial charge is 0.504 e. The Hall–Kier alpha value is -3.42. The molecule has 118 valence electrons. The first-order chi connectivity index (χ1) is 10.9. The third-order valence-corrected chi connectivity index (χ3v) is 3.05. The van der Waals surface area contributed by atoms with Gasteiger partial charge in [-0.1, -0.05) is 6.07 Å². The van der Waals surface area contributed by atoms with E-state index in [4.69, 9.17) is 0 Å². The SMILES string of the molecule is Cc1ccc(C(=O)N/N=C/c2ccc(O)c(O)c2)cc1[N+](=O)[O-]. The van der Waals surface area contributed by atoms with E-state index in [9.17, 15) is 25.1 Å². The molecule has 0 saturated heterocycles. The van der Waals surface area contributed by atoms with E-state index >= 15 is 0 Å². The van der Waals surface area contributed by atoms with Crippen molar-refractivity contribution in [3.63, 3.8) is 0 Å². The fourth-order valence-corrected chi connectivity index (χ4v) is 1.80. The van der Waals surface area contributed by atoms with Crippen molar-refractivity contribution >= 4 is 17.8 Å². The predicted octanol–water partition coefficient (Wildman–Crippen LogP) is 2.08. The van der Waals surface area contributed by atoms with Crippen molar-refractivity contribution < 1.29 is 19.9 Å². The van der Waals surface area contributed by atoms with E-state index < -0.39 is 10.8 Å². The zero-order valence-electron chi connectivity index (χ0n) is 12.1. The van der Waals surface area contributed by atoms with Crippen molar-refractivity contribution in [3.05, 3.63) is 63.2 Å². The summed E-state index contributed by atoms with van der Waals surface area (Å²) < 4.78 is 0. The third kappa shape index (κ3) is 3.82. The van der Waals surface area contributed by atoms with E-state index in [2.05, 4.69) is 10.5 Å². The molecule has 8 heteroatoms. The molecule has 2 rings (SSSR count). The van der Waals surface area contributed by atoms with Gasteiger partial charge in [-0.05, 0) is 36.8 Å². The number of aromatic hydroxyl groups is 2. The molecule has 0 aromatic heterocycles. The highest BCUT2D eigenvalue weighted by molar-refractivity contribution is 5.95. The molecule has 8 nitrogen and oxygen atoms in total. The lowest BCUT2D eigenvalue weighted by Crippen LogP contribution is -2.17. The van der Waals surface area contributed by atoms with Crippen LogP contribution in [-0.4, -0.2) is 27.3 Å². The number of aryl methyl sites for hydroxylation is 1. The van der Waals surface area contributed by atoms with Gasteiger partial charge in [-0.3, -0.25) is 14.9 Å². The van der Waals surface area contributed by atoms with Crippen LogP contribution in [0.25, 0.3) is 0 Å². The first-order valence-electron chi connectivity index (χ1n) is 6.49. The molecule has 2 aromatic carbocycles. The maximum atomic E-state index is 11.9. The van der Waals surface area contributed by atoms with Gasteiger partial charge in [0.05, 0.1) is 11.1 Å². The van der Waals surface area contributed by atoms with Crippen LogP contribution in [0, 0.1) is 17.0 Å². The third-order valence-electron chi connectivity index (χ3n) is 3.05. The minimum absolute atomic E-state index is 0.105. The number of hydrogen-bond donors (Lipinski definition) is 3. The summed E-state index contributed by atoms with van der Waals surface area (Å²) in [5.74, 6) is -1.18. The van der Waals surface area contributed by atoms with E-state index in [1.165, 1.54) is 42.6 Å². The monoisotopic (exact) mass is 315 g/mol. The molecule has 1 amide bonds. The average molecular weight is 315 g/mol. The molecule has 0 spiro atoms. The molecule has 3 N–H and O–H groups in total. The summed E-state index contributed by atoms with van der Waals surface area (Å²) in [6, 6.07) is 8.14. The van der Waals surface area contributed by atoms with Crippen LogP contribution < -0.4 is 5.43 Å². The molecule has 0 heterocycles. The minimum Gasteiger partial charge on any atom is -0.504 e. The zero-order chi connectivity index (χ0) is 17.0. The van der Waals surface area contributed by atoms with Crippen molar-refractivity contribution in [1.82, 2.24) is 5.43 Å². The van der Waals surface area contributed by atoms with Gasteiger partial charge in [0.2, 0.25) is 0 Å². The standard InChI is InChI=1S/C15H13N3O5/c1-9-2-4-11(7-12(9)18(22)23)15(21)17-16-8-10-3-5-13(19)14(20)6-10/h2-8,19-20H,1H3,(H,17,21)/b16-8+. The normalized spacial score (nSPS) is 10.7. The van der Waals surface area contributed by atoms with E-state index in [1.54, 1.807) is 6.92 Å². The lowest BCUT2D eigenvalue weighted by molar-refractivity contribution is -0.385. The van der Waals surface area contributed by atoms with Gasteiger partial charge in [0.1, 0.15) is 0 Å². The number of benzene rings is 2. The number of nitro benzene ring substituents is 1. The van der Waals surface area contributed by atoms with Gasteiger partial charge in [-0.25, -0.2) is 5.43 Å². The van der Waals surface area contributed by atoms with Crippen LogP contribution in [0.5, 0.6) is 11.5 Å². The summed E-state index contributed by atoms with van der Waals surface area (Å²) in [6.07, 6.45) is 1.26. The molecule has 0 aliphatic rings. The molecule has 2 aromatic rings. The van der Waals surface area contributed by atoms with Crippen LogP contribution in [0.2, 0.25) is 0 Å². The molecular weight excluding hydrogens is 302 g/mol. The Bertz CT molecular complexity index is 802. The second-order valence-electron chi connectivity index (χ2n) is 4.71. The molecule has 0 fully saturated rings. The number of nitrogens with one attached hydrogen (secondary N) is 1. The fraction of sp³-hybridized carbons (Fsp3) is 0.0667. The van der Waals surface area contributed by atoms with Crippen molar-refractivity contribution in [2.45, 2.75) is 6.92 Å². The number of rotatable bonds is 4. The molecule has 0 unspecified atom stereocenters. The first-order valence-corrected chi connectivity index (χ1v) is 6.49. The Morgan fingerprint density at radius 2 is 1.96 bits per heavy atom. The molecule has 0 atom stereocenters. The Morgan fingerprint density at radius 1 is 1.22 bits per heavy atom. The lowest BCUT2D eigenvalue weighted by Gasteiger charge is -2.02. The van der Waals surface area contributed by atoms with Gasteiger partial charge in [-0.15, -0.1) is 0 Å².